The van der Waals surface area contributed by atoms with Crippen LogP contribution in [0.5, 0.6) is 0 Å². The van der Waals surface area contributed by atoms with Gasteiger partial charge in [0.2, 0.25) is 0 Å². The summed E-state index contributed by atoms with van der Waals surface area (Å²) in [6.07, 6.45) is 9.27. The molecule has 4 rings (SSSR count). The minimum atomic E-state index is 0.641. The van der Waals surface area contributed by atoms with Crippen LogP contribution >= 0.6 is 0 Å². The lowest BCUT2D eigenvalue weighted by Gasteiger charge is -2.29. The first-order chi connectivity index (χ1) is 14.2. The fourth-order valence-electron chi connectivity index (χ4n) is 3.54. The first-order valence-corrected chi connectivity index (χ1v) is 9.93. The van der Waals surface area contributed by atoms with Crippen LogP contribution in [-0.2, 0) is 0 Å². The topological polar surface area (TPSA) is 82.7 Å². The van der Waals surface area contributed by atoms with E-state index in [1.807, 2.05) is 35.7 Å². The molecular formula is C21H26N8. The van der Waals surface area contributed by atoms with Gasteiger partial charge in [-0.15, -0.1) is 0 Å². The number of hydrogen-bond acceptors (Lipinski definition) is 7. The van der Waals surface area contributed by atoms with E-state index in [9.17, 15) is 0 Å². The number of anilines is 2. The number of rotatable bonds is 7. The number of nitrogens with one attached hydrogen (secondary N) is 2. The maximum atomic E-state index is 4.85. The molecule has 8 heteroatoms. The van der Waals surface area contributed by atoms with Crippen molar-refractivity contribution >= 4 is 24.0 Å². The molecule has 0 spiro atoms. The Morgan fingerprint density at radius 2 is 2.00 bits per heavy atom. The molecule has 0 saturated carbocycles. The third kappa shape index (κ3) is 4.37. The van der Waals surface area contributed by atoms with Crippen LogP contribution in [0.15, 0.2) is 53.5 Å². The predicted molar refractivity (Wildman–Crippen MR) is 117 cm³/mol. The van der Waals surface area contributed by atoms with Gasteiger partial charge in [0.1, 0.15) is 11.6 Å². The number of hydrogen-bond donors (Lipinski definition) is 2. The summed E-state index contributed by atoms with van der Waals surface area (Å²) in [5.74, 6) is 1.90. The molecule has 0 aromatic carbocycles. The summed E-state index contributed by atoms with van der Waals surface area (Å²) in [7, 11) is 0. The molecule has 1 fully saturated rings. The van der Waals surface area contributed by atoms with E-state index >= 15 is 0 Å². The lowest BCUT2D eigenvalue weighted by molar-refractivity contribution is 0.568. The smallest absolute Gasteiger partial charge is 0.160 e. The molecule has 3 aromatic rings. The number of fused-ring (bicyclic) bond motifs is 1. The summed E-state index contributed by atoms with van der Waals surface area (Å²) in [5.41, 5.74) is 6.53. The standard InChI is InChI=1S/C21H26N8/c1-16(26-22-2)6-11-24-19-15-21(28-12-4-3-5-13-28)29-20(25-19)14-18(27-29)17-7-9-23-10-8-17/h6-10,14-15,26H,2-5,11-13H2,1H3,(H,24,25)/b16-6-. The zero-order chi connectivity index (χ0) is 20.1. The van der Waals surface area contributed by atoms with Crippen LogP contribution in [-0.4, -0.2) is 45.9 Å². The van der Waals surface area contributed by atoms with Gasteiger partial charge in [0.15, 0.2) is 5.65 Å². The van der Waals surface area contributed by atoms with Gasteiger partial charge in [-0.1, -0.05) is 0 Å². The van der Waals surface area contributed by atoms with E-state index in [1.165, 1.54) is 19.3 Å². The largest absolute Gasteiger partial charge is 0.366 e. The molecule has 0 bridgehead atoms. The van der Waals surface area contributed by atoms with E-state index in [2.05, 4.69) is 38.5 Å². The first-order valence-electron chi connectivity index (χ1n) is 9.93. The summed E-state index contributed by atoms with van der Waals surface area (Å²) in [5, 5.41) is 11.9. The quantitative estimate of drug-likeness (QED) is 0.476. The van der Waals surface area contributed by atoms with Crippen molar-refractivity contribution in [2.45, 2.75) is 26.2 Å². The van der Waals surface area contributed by atoms with Crippen molar-refractivity contribution in [2.75, 3.05) is 29.9 Å². The zero-order valence-corrected chi connectivity index (χ0v) is 16.7. The number of aromatic nitrogens is 4. The molecule has 2 N–H and O–H groups in total. The number of piperidine rings is 1. The Morgan fingerprint density at radius 1 is 1.21 bits per heavy atom. The third-order valence-corrected chi connectivity index (χ3v) is 5.01. The third-order valence-electron chi connectivity index (χ3n) is 5.01. The molecule has 0 atom stereocenters. The molecular weight excluding hydrogens is 364 g/mol. The zero-order valence-electron chi connectivity index (χ0n) is 16.7. The number of pyridine rings is 1. The van der Waals surface area contributed by atoms with Crippen LogP contribution in [0.2, 0.25) is 0 Å². The van der Waals surface area contributed by atoms with Crippen LogP contribution in [0.3, 0.4) is 0 Å². The normalized spacial score (nSPS) is 14.8. The lowest BCUT2D eigenvalue weighted by atomic mass is 10.1. The Bertz CT molecular complexity index is 1000. The summed E-state index contributed by atoms with van der Waals surface area (Å²) < 4.78 is 1.95. The van der Waals surface area contributed by atoms with Gasteiger partial charge in [-0.25, -0.2) is 4.98 Å². The molecule has 0 aliphatic carbocycles. The molecule has 4 heterocycles. The highest BCUT2D eigenvalue weighted by Crippen LogP contribution is 2.26. The molecule has 8 nitrogen and oxygen atoms in total. The Labute approximate surface area is 170 Å². The van der Waals surface area contributed by atoms with Crippen molar-refractivity contribution < 1.29 is 0 Å². The second kappa shape index (κ2) is 8.72. The van der Waals surface area contributed by atoms with Crippen LogP contribution < -0.4 is 15.6 Å². The van der Waals surface area contributed by atoms with Crippen LogP contribution in [0.4, 0.5) is 11.6 Å². The molecule has 29 heavy (non-hydrogen) atoms. The molecule has 0 unspecified atom stereocenters. The Morgan fingerprint density at radius 3 is 2.76 bits per heavy atom. The highest BCUT2D eigenvalue weighted by molar-refractivity contribution is 5.67. The Balaban J connectivity index is 1.69. The van der Waals surface area contributed by atoms with E-state index in [0.717, 1.165) is 47.3 Å². The fraction of sp³-hybridized carbons (Fsp3) is 0.333. The summed E-state index contributed by atoms with van der Waals surface area (Å²) in [6.45, 7) is 8.10. The predicted octanol–water partition coefficient (Wildman–Crippen LogP) is 3.30. The van der Waals surface area contributed by atoms with Crippen molar-refractivity contribution in [3.8, 4) is 11.3 Å². The highest BCUT2D eigenvalue weighted by atomic mass is 15.4. The van der Waals surface area contributed by atoms with E-state index in [-0.39, 0.29) is 0 Å². The average Bonchev–Trinajstić information content (AvgIpc) is 3.19. The molecule has 1 saturated heterocycles. The van der Waals surface area contributed by atoms with Crippen LogP contribution in [0.1, 0.15) is 26.2 Å². The van der Waals surface area contributed by atoms with Gasteiger partial charge in [0, 0.05) is 62.1 Å². The van der Waals surface area contributed by atoms with Gasteiger partial charge in [-0.3, -0.25) is 10.4 Å². The van der Waals surface area contributed by atoms with E-state index in [0.29, 0.717) is 6.54 Å². The maximum Gasteiger partial charge on any atom is 0.160 e. The molecule has 1 aliphatic heterocycles. The van der Waals surface area contributed by atoms with E-state index in [1.54, 1.807) is 12.4 Å². The van der Waals surface area contributed by atoms with Crippen molar-refractivity contribution in [1.82, 2.24) is 25.0 Å². The second-order valence-electron chi connectivity index (χ2n) is 7.12. The van der Waals surface area contributed by atoms with Gasteiger partial charge in [0.25, 0.3) is 0 Å². The number of hydrazone groups is 1. The molecule has 1 aliphatic rings. The van der Waals surface area contributed by atoms with E-state index < -0.39 is 0 Å². The van der Waals surface area contributed by atoms with Gasteiger partial charge in [-0.2, -0.15) is 14.7 Å². The van der Waals surface area contributed by atoms with Crippen molar-refractivity contribution in [3.63, 3.8) is 0 Å². The van der Waals surface area contributed by atoms with E-state index in [4.69, 9.17) is 10.1 Å². The van der Waals surface area contributed by atoms with Crippen molar-refractivity contribution in [2.24, 2.45) is 5.10 Å². The van der Waals surface area contributed by atoms with Crippen molar-refractivity contribution in [3.05, 3.63) is 48.4 Å². The maximum absolute atomic E-state index is 4.85. The Hall–Kier alpha value is -3.42. The highest BCUT2D eigenvalue weighted by Gasteiger charge is 2.18. The van der Waals surface area contributed by atoms with Crippen LogP contribution in [0, 0.1) is 0 Å². The van der Waals surface area contributed by atoms with Crippen molar-refractivity contribution in [1.29, 1.82) is 0 Å². The van der Waals surface area contributed by atoms with Gasteiger partial charge in [0.05, 0.1) is 5.69 Å². The SMILES string of the molecule is C=NN/C(C)=C\CNc1cc(N2CCCCC2)n2nc(-c3ccncc3)cc2n1. The molecule has 150 valence electrons. The number of allylic oxidation sites excluding steroid dienone is 1. The molecule has 0 radical (unpaired) electrons. The van der Waals surface area contributed by atoms with Crippen LogP contribution in [0.25, 0.3) is 16.9 Å². The molecule has 0 amide bonds. The number of nitrogens with zero attached hydrogens (tertiary/aromatic N) is 6. The minimum absolute atomic E-state index is 0.641. The lowest BCUT2D eigenvalue weighted by Crippen LogP contribution is -2.31. The summed E-state index contributed by atoms with van der Waals surface area (Å²) in [6, 6.07) is 8.05. The molecule has 3 aromatic heterocycles. The minimum Gasteiger partial charge on any atom is -0.366 e. The first kappa shape index (κ1) is 18.9. The average molecular weight is 390 g/mol. The fourth-order valence-corrected chi connectivity index (χ4v) is 3.54. The van der Waals surface area contributed by atoms with Gasteiger partial charge >= 0.3 is 0 Å². The Kier molecular flexibility index (Phi) is 5.69. The summed E-state index contributed by atoms with van der Waals surface area (Å²) in [4.78, 5) is 11.3. The second-order valence-corrected chi connectivity index (χ2v) is 7.12. The summed E-state index contributed by atoms with van der Waals surface area (Å²) >= 11 is 0. The van der Waals surface area contributed by atoms with Gasteiger partial charge < -0.3 is 10.2 Å². The monoisotopic (exact) mass is 390 g/mol. The van der Waals surface area contributed by atoms with Gasteiger partial charge in [-0.05, 0) is 44.4 Å².